The van der Waals surface area contributed by atoms with Gasteiger partial charge < -0.3 is 25.0 Å². The summed E-state index contributed by atoms with van der Waals surface area (Å²) in [6.07, 6.45) is 3.50. The lowest BCUT2D eigenvalue weighted by Gasteiger charge is -2.33. The lowest BCUT2D eigenvalue weighted by molar-refractivity contribution is 0.0532. The Morgan fingerprint density at radius 3 is 2.69 bits per heavy atom. The molecule has 0 aliphatic carbocycles. The van der Waals surface area contributed by atoms with Gasteiger partial charge in [0.05, 0.1) is 19.8 Å². The monoisotopic (exact) mass is 404 g/mol. The van der Waals surface area contributed by atoms with Crippen molar-refractivity contribution < 1.29 is 9.47 Å². The first-order valence-electron chi connectivity index (χ1n) is 11.0. The first-order valence-corrected chi connectivity index (χ1v) is 11.0. The van der Waals surface area contributed by atoms with E-state index < -0.39 is 0 Å². The second kappa shape index (κ2) is 12.7. The molecule has 1 aromatic carbocycles. The Balaban J connectivity index is 1.78. The zero-order valence-corrected chi connectivity index (χ0v) is 19.0. The molecular formula is C23H40N4O2. The molecule has 164 valence electrons. The number of methoxy groups -OCH3 is 1. The fraction of sp³-hybridized carbons (Fsp3) is 0.696. The summed E-state index contributed by atoms with van der Waals surface area (Å²) in [6, 6.07) is 6.87. The van der Waals surface area contributed by atoms with Gasteiger partial charge in [0.15, 0.2) is 5.96 Å². The van der Waals surface area contributed by atoms with Crippen molar-refractivity contribution in [3.05, 3.63) is 29.3 Å². The molecule has 0 bridgehead atoms. The van der Waals surface area contributed by atoms with Crippen LogP contribution in [0, 0.1) is 6.92 Å². The zero-order valence-electron chi connectivity index (χ0n) is 19.0. The molecule has 0 aromatic heterocycles. The lowest BCUT2D eigenvalue weighted by atomic mass is 10.1. The summed E-state index contributed by atoms with van der Waals surface area (Å²) in [5.74, 6) is 1.87. The van der Waals surface area contributed by atoms with E-state index >= 15 is 0 Å². The molecule has 29 heavy (non-hydrogen) atoms. The maximum absolute atomic E-state index is 5.68. The molecule has 1 aliphatic rings. The molecule has 0 amide bonds. The number of ether oxygens (including phenoxy) is 2. The third kappa shape index (κ3) is 8.62. The number of guanidine groups is 1. The number of aryl methyl sites for hydroxylation is 1. The van der Waals surface area contributed by atoms with Gasteiger partial charge in [0.25, 0.3) is 0 Å². The summed E-state index contributed by atoms with van der Waals surface area (Å²) in [7, 11) is 1.72. The van der Waals surface area contributed by atoms with Crippen LogP contribution in [0.1, 0.15) is 44.7 Å². The Morgan fingerprint density at radius 2 is 2.03 bits per heavy atom. The number of benzene rings is 1. The van der Waals surface area contributed by atoms with E-state index in [2.05, 4.69) is 61.4 Å². The SMILES string of the molecule is CCNC(=NCCc1ccc(C)c(OC)c1)NC1CCN(CCOC(C)C)CC1. The summed E-state index contributed by atoms with van der Waals surface area (Å²) in [5, 5.41) is 7.01. The van der Waals surface area contributed by atoms with Gasteiger partial charge in [-0.1, -0.05) is 12.1 Å². The second-order valence-corrected chi connectivity index (χ2v) is 7.99. The van der Waals surface area contributed by atoms with Crippen LogP contribution in [0.3, 0.4) is 0 Å². The Labute approximate surface area is 177 Å². The van der Waals surface area contributed by atoms with E-state index in [0.29, 0.717) is 12.1 Å². The number of nitrogens with one attached hydrogen (secondary N) is 2. The van der Waals surface area contributed by atoms with Gasteiger partial charge in [0.2, 0.25) is 0 Å². The molecule has 1 aromatic rings. The van der Waals surface area contributed by atoms with Gasteiger partial charge in [0, 0.05) is 38.8 Å². The van der Waals surface area contributed by atoms with Crippen LogP contribution < -0.4 is 15.4 Å². The van der Waals surface area contributed by atoms with Crippen molar-refractivity contribution >= 4 is 5.96 Å². The number of rotatable bonds is 10. The predicted molar refractivity (Wildman–Crippen MR) is 121 cm³/mol. The molecule has 1 aliphatic heterocycles. The summed E-state index contributed by atoms with van der Waals surface area (Å²) in [4.78, 5) is 7.28. The maximum atomic E-state index is 5.68. The largest absolute Gasteiger partial charge is 0.496 e. The molecule has 6 heteroatoms. The molecule has 2 rings (SSSR count). The third-order valence-corrected chi connectivity index (χ3v) is 5.27. The minimum Gasteiger partial charge on any atom is -0.496 e. The molecule has 0 radical (unpaired) electrons. The first-order chi connectivity index (χ1) is 14.0. The van der Waals surface area contributed by atoms with Gasteiger partial charge in [-0.15, -0.1) is 0 Å². The average molecular weight is 405 g/mol. The molecule has 0 spiro atoms. The highest BCUT2D eigenvalue weighted by Gasteiger charge is 2.19. The van der Waals surface area contributed by atoms with Crippen molar-refractivity contribution in [1.82, 2.24) is 15.5 Å². The van der Waals surface area contributed by atoms with Crippen molar-refractivity contribution in [3.8, 4) is 5.75 Å². The van der Waals surface area contributed by atoms with Crippen LogP contribution in [0.15, 0.2) is 23.2 Å². The predicted octanol–water partition coefficient (Wildman–Crippen LogP) is 2.99. The quantitative estimate of drug-likeness (QED) is 0.464. The molecule has 0 atom stereocenters. The molecule has 0 unspecified atom stereocenters. The number of likely N-dealkylation sites (tertiary alicyclic amines) is 1. The lowest BCUT2D eigenvalue weighted by Crippen LogP contribution is -2.49. The fourth-order valence-electron chi connectivity index (χ4n) is 3.55. The van der Waals surface area contributed by atoms with Gasteiger partial charge >= 0.3 is 0 Å². The summed E-state index contributed by atoms with van der Waals surface area (Å²) in [5.41, 5.74) is 2.42. The van der Waals surface area contributed by atoms with Crippen LogP contribution in [0.5, 0.6) is 5.75 Å². The fourth-order valence-corrected chi connectivity index (χ4v) is 3.55. The van der Waals surface area contributed by atoms with Crippen molar-refractivity contribution in [1.29, 1.82) is 0 Å². The van der Waals surface area contributed by atoms with Crippen LogP contribution in [-0.4, -0.2) is 69.4 Å². The molecule has 1 saturated heterocycles. The van der Waals surface area contributed by atoms with E-state index in [0.717, 1.165) is 75.9 Å². The average Bonchev–Trinajstić information content (AvgIpc) is 2.70. The van der Waals surface area contributed by atoms with Crippen molar-refractivity contribution in [2.24, 2.45) is 4.99 Å². The molecule has 1 fully saturated rings. The Kier molecular flexibility index (Phi) is 10.3. The van der Waals surface area contributed by atoms with Gasteiger partial charge in [-0.3, -0.25) is 4.99 Å². The normalized spacial score (nSPS) is 16.3. The van der Waals surface area contributed by atoms with Gasteiger partial charge in [0.1, 0.15) is 5.75 Å². The van der Waals surface area contributed by atoms with Gasteiger partial charge in [-0.2, -0.15) is 0 Å². The van der Waals surface area contributed by atoms with E-state index in [1.807, 2.05) is 0 Å². The van der Waals surface area contributed by atoms with E-state index in [9.17, 15) is 0 Å². The van der Waals surface area contributed by atoms with Crippen LogP contribution in [0.25, 0.3) is 0 Å². The standard InChI is InChI=1S/C23H40N4O2/c1-6-24-23(25-12-9-20-8-7-19(4)22(17-20)28-5)26-21-10-13-27(14-11-21)15-16-29-18(2)3/h7-8,17-18,21H,6,9-16H2,1-5H3,(H2,24,25,26). The Bertz CT molecular complexity index is 625. The number of nitrogens with zero attached hydrogens (tertiary/aromatic N) is 2. The number of hydrogen-bond donors (Lipinski definition) is 2. The number of hydrogen-bond acceptors (Lipinski definition) is 4. The topological polar surface area (TPSA) is 58.1 Å². The van der Waals surface area contributed by atoms with Crippen molar-refractivity contribution in [2.75, 3.05) is 46.4 Å². The zero-order chi connectivity index (χ0) is 21.1. The van der Waals surface area contributed by atoms with Crippen LogP contribution in [0.4, 0.5) is 0 Å². The van der Waals surface area contributed by atoms with E-state index in [1.165, 1.54) is 5.56 Å². The summed E-state index contributed by atoms with van der Waals surface area (Å²) >= 11 is 0. The number of piperidine rings is 1. The molecule has 2 N–H and O–H groups in total. The van der Waals surface area contributed by atoms with Gasteiger partial charge in [-0.25, -0.2) is 0 Å². The highest BCUT2D eigenvalue weighted by Crippen LogP contribution is 2.19. The van der Waals surface area contributed by atoms with Crippen molar-refractivity contribution in [3.63, 3.8) is 0 Å². The molecule has 6 nitrogen and oxygen atoms in total. The minimum absolute atomic E-state index is 0.314. The van der Waals surface area contributed by atoms with Crippen LogP contribution in [0.2, 0.25) is 0 Å². The molecular weight excluding hydrogens is 364 g/mol. The smallest absolute Gasteiger partial charge is 0.191 e. The maximum Gasteiger partial charge on any atom is 0.191 e. The van der Waals surface area contributed by atoms with Gasteiger partial charge in [-0.05, 0) is 64.2 Å². The number of aliphatic imine (C=N–C) groups is 1. The highest BCUT2D eigenvalue weighted by molar-refractivity contribution is 5.80. The van der Waals surface area contributed by atoms with E-state index in [-0.39, 0.29) is 0 Å². The molecule has 0 saturated carbocycles. The third-order valence-electron chi connectivity index (χ3n) is 5.27. The van der Waals surface area contributed by atoms with Crippen LogP contribution >= 0.6 is 0 Å². The Hall–Kier alpha value is -1.79. The molecule has 1 heterocycles. The summed E-state index contributed by atoms with van der Waals surface area (Å²) < 4.78 is 11.1. The first kappa shape index (κ1) is 23.5. The highest BCUT2D eigenvalue weighted by atomic mass is 16.5. The Morgan fingerprint density at radius 1 is 1.28 bits per heavy atom. The van der Waals surface area contributed by atoms with Crippen molar-refractivity contribution in [2.45, 2.75) is 59.1 Å². The van der Waals surface area contributed by atoms with Crippen LogP contribution in [-0.2, 0) is 11.2 Å². The van der Waals surface area contributed by atoms with E-state index in [4.69, 9.17) is 14.5 Å². The van der Waals surface area contributed by atoms with E-state index in [1.54, 1.807) is 7.11 Å². The second-order valence-electron chi connectivity index (χ2n) is 7.99. The minimum atomic E-state index is 0.314. The summed E-state index contributed by atoms with van der Waals surface area (Å²) in [6.45, 7) is 14.1.